The van der Waals surface area contributed by atoms with Crippen LogP contribution in [0.2, 0.25) is 0 Å². The summed E-state index contributed by atoms with van der Waals surface area (Å²) in [6.07, 6.45) is 7.48. The van der Waals surface area contributed by atoms with E-state index in [-0.39, 0.29) is 18.0 Å². The molecule has 1 amide bonds. The molecular formula is C18H20N4O2. The lowest BCUT2D eigenvalue weighted by Gasteiger charge is -2.41. The van der Waals surface area contributed by atoms with Crippen LogP contribution in [-0.4, -0.2) is 37.3 Å². The molecule has 24 heavy (non-hydrogen) atoms. The van der Waals surface area contributed by atoms with E-state index in [0.29, 0.717) is 12.0 Å². The smallest absolute Gasteiger partial charge is 0.253 e. The number of fused-ring (bicyclic) bond motifs is 1. The predicted molar refractivity (Wildman–Crippen MR) is 90.0 cm³/mol. The number of hydrogen-bond acceptors (Lipinski definition) is 3. The molecule has 1 aliphatic carbocycles. The Hall–Kier alpha value is -2.60. The van der Waals surface area contributed by atoms with Crippen LogP contribution in [0.25, 0.3) is 5.52 Å². The number of nitrogens with one attached hydrogen (secondary N) is 1. The summed E-state index contributed by atoms with van der Waals surface area (Å²) < 4.78 is 3.70. The summed E-state index contributed by atoms with van der Waals surface area (Å²) in [6, 6.07) is 5.56. The highest BCUT2D eigenvalue weighted by atomic mass is 16.3. The first kappa shape index (κ1) is 15.0. The maximum absolute atomic E-state index is 12.6. The number of aromatic nitrogens is 3. The Bertz CT molecular complexity index is 911. The lowest BCUT2D eigenvalue weighted by molar-refractivity contribution is -0.00590. The van der Waals surface area contributed by atoms with Gasteiger partial charge in [0.25, 0.3) is 5.91 Å². The second-order valence-corrected chi connectivity index (χ2v) is 6.58. The lowest BCUT2D eigenvalue weighted by atomic mass is 9.83. The van der Waals surface area contributed by atoms with Crippen molar-refractivity contribution in [3.05, 3.63) is 59.7 Å². The maximum Gasteiger partial charge on any atom is 0.253 e. The molecule has 0 radical (unpaired) electrons. The summed E-state index contributed by atoms with van der Waals surface area (Å²) in [5.74, 6) is -0.121. The highest BCUT2D eigenvalue weighted by molar-refractivity contribution is 5.96. The largest absolute Gasteiger partial charge is 0.391 e. The van der Waals surface area contributed by atoms with E-state index in [9.17, 15) is 9.90 Å². The van der Waals surface area contributed by atoms with Crippen LogP contribution < -0.4 is 5.32 Å². The van der Waals surface area contributed by atoms with E-state index in [1.807, 2.05) is 55.0 Å². The van der Waals surface area contributed by atoms with Crippen LogP contribution in [0.15, 0.2) is 43.0 Å². The van der Waals surface area contributed by atoms with Gasteiger partial charge in [-0.2, -0.15) is 5.10 Å². The van der Waals surface area contributed by atoms with Crippen molar-refractivity contribution >= 4 is 11.4 Å². The fraction of sp³-hybridized carbons (Fsp3) is 0.333. The minimum Gasteiger partial charge on any atom is -0.391 e. The van der Waals surface area contributed by atoms with Gasteiger partial charge in [-0.3, -0.25) is 9.48 Å². The van der Waals surface area contributed by atoms with Crippen molar-refractivity contribution in [1.82, 2.24) is 19.5 Å². The average molecular weight is 324 g/mol. The molecule has 0 aliphatic heterocycles. The molecule has 124 valence electrons. The van der Waals surface area contributed by atoms with Gasteiger partial charge in [-0.1, -0.05) is 6.07 Å². The van der Waals surface area contributed by atoms with Gasteiger partial charge >= 0.3 is 0 Å². The van der Waals surface area contributed by atoms with E-state index in [2.05, 4.69) is 10.4 Å². The Morgan fingerprint density at radius 1 is 1.38 bits per heavy atom. The van der Waals surface area contributed by atoms with Crippen molar-refractivity contribution in [2.24, 2.45) is 0 Å². The monoisotopic (exact) mass is 324 g/mol. The molecule has 3 aromatic heterocycles. The van der Waals surface area contributed by atoms with E-state index in [0.717, 1.165) is 16.6 Å². The summed E-state index contributed by atoms with van der Waals surface area (Å²) in [4.78, 5) is 12.6. The highest BCUT2D eigenvalue weighted by Crippen LogP contribution is 2.32. The number of rotatable bonds is 3. The molecule has 1 fully saturated rings. The third-order valence-electron chi connectivity index (χ3n) is 4.76. The first-order valence-corrected chi connectivity index (χ1v) is 8.10. The normalized spacial score (nSPS) is 23.2. The van der Waals surface area contributed by atoms with Crippen LogP contribution in [0, 0.1) is 13.8 Å². The lowest BCUT2D eigenvalue weighted by Crippen LogP contribution is -2.56. The van der Waals surface area contributed by atoms with Gasteiger partial charge in [-0.05, 0) is 43.5 Å². The molecule has 0 spiro atoms. The van der Waals surface area contributed by atoms with Gasteiger partial charge in [-0.15, -0.1) is 0 Å². The van der Waals surface area contributed by atoms with Gasteiger partial charge < -0.3 is 14.8 Å². The van der Waals surface area contributed by atoms with Crippen molar-refractivity contribution in [3.8, 4) is 0 Å². The minimum absolute atomic E-state index is 0.115. The van der Waals surface area contributed by atoms with Gasteiger partial charge in [0.1, 0.15) is 0 Å². The number of aliphatic hydroxyl groups is 1. The minimum atomic E-state index is -0.482. The molecule has 1 aliphatic rings. The Balaban J connectivity index is 1.54. The van der Waals surface area contributed by atoms with E-state index >= 15 is 0 Å². The van der Waals surface area contributed by atoms with E-state index in [1.54, 1.807) is 10.9 Å². The van der Waals surface area contributed by atoms with E-state index in [4.69, 9.17) is 0 Å². The number of aryl methyl sites for hydroxylation is 2. The van der Waals surface area contributed by atoms with Crippen LogP contribution in [0.3, 0.4) is 0 Å². The predicted octanol–water partition coefficient (Wildman–Crippen LogP) is 1.86. The molecule has 0 bridgehead atoms. The molecule has 3 heterocycles. The fourth-order valence-corrected chi connectivity index (χ4v) is 3.37. The molecule has 0 saturated heterocycles. The number of nitrogens with zero attached hydrogens (tertiary/aromatic N) is 3. The average Bonchev–Trinajstić information content (AvgIpc) is 3.14. The second kappa shape index (κ2) is 5.49. The van der Waals surface area contributed by atoms with Crippen molar-refractivity contribution < 1.29 is 9.90 Å². The standard InChI is InChI=1S/C18H20N4O2/c1-11-8-19-22(9-11)17-14(7-16(17)23)20-18(24)13-6-15-12(2)4-3-5-21(15)10-13/h3-6,8-10,14,16-17,23H,7H2,1-2H3,(H,20,24)/t14-,16+,17+/m1/s1. The van der Waals surface area contributed by atoms with Gasteiger partial charge in [0.15, 0.2) is 0 Å². The number of carbonyl (C=O) groups is 1. The van der Waals surface area contributed by atoms with E-state index in [1.165, 1.54) is 0 Å². The number of aliphatic hydroxyl groups excluding tert-OH is 1. The summed E-state index contributed by atoms with van der Waals surface area (Å²) in [6.45, 7) is 3.98. The van der Waals surface area contributed by atoms with Gasteiger partial charge in [-0.25, -0.2) is 0 Å². The molecule has 2 N–H and O–H groups in total. The Kier molecular flexibility index (Phi) is 3.42. The summed E-state index contributed by atoms with van der Waals surface area (Å²) in [7, 11) is 0. The molecule has 3 aromatic rings. The number of carbonyl (C=O) groups excluding carboxylic acids is 1. The summed E-state index contributed by atoms with van der Waals surface area (Å²) >= 11 is 0. The fourth-order valence-electron chi connectivity index (χ4n) is 3.37. The van der Waals surface area contributed by atoms with Gasteiger partial charge in [0.2, 0.25) is 0 Å². The zero-order valence-corrected chi connectivity index (χ0v) is 13.7. The van der Waals surface area contributed by atoms with Gasteiger partial charge in [0.05, 0.1) is 29.9 Å². The summed E-state index contributed by atoms with van der Waals surface area (Å²) in [5, 5.41) is 17.4. The van der Waals surface area contributed by atoms with Gasteiger partial charge in [0, 0.05) is 24.1 Å². The number of pyridine rings is 1. The molecule has 1 saturated carbocycles. The second-order valence-electron chi connectivity index (χ2n) is 6.58. The zero-order valence-electron chi connectivity index (χ0n) is 13.7. The molecule has 6 nitrogen and oxygen atoms in total. The van der Waals surface area contributed by atoms with Crippen LogP contribution in [0.4, 0.5) is 0 Å². The van der Waals surface area contributed by atoms with Crippen LogP contribution >= 0.6 is 0 Å². The summed E-state index contributed by atoms with van der Waals surface area (Å²) in [5.41, 5.74) is 3.81. The molecule has 4 rings (SSSR count). The maximum atomic E-state index is 12.6. The molecule has 3 atom stereocenters. The van der Waals surface area contributed by atoms with Crippen molar-refractivity contribution in [3.63, 3.8) is 0 Å². The van der Waals surface area contributed by atoms with Crippen molar-refractivity contribution in [1.29, 1.82) is 0 Å². The highest BCUT2D eigenvalue weighted by Gasteiger charge is 2.42. The number of hydrogen-bond donors (Lipinski definition) is 2. The number of amides is 1. The van der Waals surface area contributed by atoms with Crippen LogP contribution in [-0.2, 0) is 0 Å². The van der Waals surface area contributed by atoms with E-state index < -0.39 is 6.10 Å². The molecule has 6 heteroatoms. The molecule has 0 unspecified atom stereocenters. The van der Waals surface area contributed by atoms with Crippen LogP contribution in [0.1, 0.15) is 33.9 Å². The van der Waals surface area contributed by atoms with Crippen LogP contribution in [0.5, 0.6) is 0 Å². The zero-order chi connectivity index (χ0) is 16.8. The Labute approximate surface area is 139 Å². The van der Waals surface area contributed by atoms with Crippen molar-refractivity contribution in [2.75, 3.05) is 0 Å². The Morgan fingerprint density at radius 2 is 2.21 bits per heavy atom. The van der Waals surface area contributed by atoms with Crippen molar-refractivity contribution in [2.45, 2.75) is 38.5 Å². The third kappa shape index (κ3) is 2.39. The molecular weight excluding hydrogens is 304 g/mol. The quantitative estimate of drug-likeness (QED) is 0.772. The molecule has 0 aromatic carbocycles. The third-order valence-corrected chi connectivity index (χ3v) is 4.76. The first-order valence-electron chi connectivity index (χ1n) is 8.10. The topological polar surface area (TPSA) is 71.6 Å². The first-order chi connectivity index (χ1) is 11.5. The Morgan fingerprint density at radius 3 is 2.88 bits per heavy atom. The SMILES string of the molecule is Cc1cnn([C@@H]2[C@@H](O)C[C@H]2NC(=O)c2cc3c(C)cccn3c2)c1.